The third kappa shape index (κ3) is 6.17. The molecular weight excluding hydrogens is 656 g/mol. The molecule has 15 heteroatoms. The number of rotatable bonds is 6. The number of ether oxygens (including phenoxy) is 3. The molecule has 1 aromatic carbocycles. The number of benzene rings is 1. The van der Waals surface area contributed by atoms with E-state index in [4.69, 9.17) is 26.1 Å². The van der Waals surface area contributed by atoms with Crippen LogP contribution in [0.3, 0.4) is 0 Å². The molecule has 0 aliphatic carbocycles. The highest BCUT2D eigenvalue weighted by Crippen LogP contribution is 2.43. The van der Waals surface area contributed by atoms with E-state index >= 15 is 4.39 Å². The van der Waals surface area contributed by atoms with Crippen LogP contribution in [0.2, 0.25) is 5.02 Å². The van der Waals surface area contributed by atoms with Gasteiger partial charge >= 0.3 is 18.5 Å². The molecule has 258 valence electrons. The van der Waals surface area contributed by atoms with Gasteiger partial charge in [0.05, 0.1) is 28.0 Å². The fourth-order valence-electron chi connectivity index (χ4n) is 7.78. The van der Waals surface area contributed by atoms with E-state index in [-0.39, 0.29) is 51.2 Å². The average Bonchev–Trinajstić information content (AvgIpc) is 3.66. The van der Waals surface area contributed by atoms with Gasteiger partial charge in [-0.05, 0) is 84.5 Å². The number of anilines is 1. The number of aromatic nitrogens is 3. The number of piperazine rings is 1. The molecule has 2 bridgehead atoms. The van der Waals surface area contributed by atoms with E-state index in [1.54, 1.807) is 4.90 Å². The van der Waals surface area contributed by atoms with Gasteiger partial charge in [0.15, 0.2) is 11.6 Å². The van der Waals surface area contributed by atoms with Crippen LogP contribution in [0.15, 0.2) is 24.4 Å². The zero-order valence-electron chi connectivity index (χ0n) is 26.9. The number of nitrogens with zero attached hydrogens (tertiary/aromatic N) is 6. The average molecular weight is 693 g/mol. The molecule has 2 aromatic heterocycles. The molecule has 0 saturated carbocycles. The second kappa shape index (κ2) is 12.0. The Morgan fingerprint density at radius 3 is 2.40 bits per heavy atom. The zero-order valence-corrected chi connectivity index (χ0v) is 27.7. The number of fused-ring (bicyclic) bond motifs is 4. The van der Waals surface area contributed by atoms with Crippen molar-refractivity contribution in [3.63, 3.8) is 0 Å². The van der Waals surface area contributed by atoms with E-state index in [0.29, 0.717) is 25.5 Å². The highest BCUT2D eigenvalue weighted by atomic mass is 35.5. The van der Waals surface area contributed by atoms with Crippen LogP contribution in [0.25, 0.3) is 22.2 Å². The number of hydrogen-bond donors (Lipinski definition) is 0. The molecule has 48 heavy (non-hydrogen) atoms. The summed E-state index contributed by atoms with van der Waals surface area (Å²) in [5.41, 5.74) is -1.63. The van der Waals surface area contributed by atoms with E-state index in [1.807, 2.05) is 25.7 Å². The topological polar surface area (TPSA) is 93.2 Å². The van der Waals surface area contributed by atoms with E-state index in [9.17, 15) is 18.0 Å². The molecule has 0 N–H and O–H groups in total. The fourth-order valence-corrected chi connectivity index (χ4v) is 7.99. The molecule has 0 spiro atoms. The van der Waals surface area contributed by atoms with Crippen LogP contribution in [0.1, 0.15) is 59.3 Å². The molecule has 0 radical (unpaired) electrons. The van der Waals surface area contributed by atoms with Crippen molar-refractivity contribution in [3.05, 3.63) is 35.2 Å². The molecule has 4 saturated heterocycles. The minimum atomic E-state index is -5.07. The Balaban J connectivity index is 1.28. The highest BCUT2D eigenvalue weighted by molar-refractivity contribution is 6.32. The summed E-state index contributed by atoms with van der Waals surface area (Å²) in [5, 5.41) is -0.0932. The summed E-state index contributed by atoms with van der Waals surface area (Å²) < 4.78 is 72.8. The lowest BCUT2D eigenvalue weighted by atomic mass is 9.95. The van der Waals surface area contributed by atoms with Crippen molar-refractivity contribution >= 4 is 34.4 Å². The Kier molecular flexibility index (Phi) is 8.25. The maximum atomic E-state index is 16.6. The lowest BCUT2D eigenvalue weighted by Crippen LogP contribution is -2.57. The van der Waals surface area contributed by atoms with Gasteiger partial charge in [-0.2, -0.15) is 9.97 Å². The van der Waals surface area contributed by atoms with E-state index in [2.05, 4.69) is 19.6 Å². The Hall–Kier alpha value is -3.65. The second-order valence-electron chi connectivity index (χ2n) is 14.1. The van der Waals surface area contributed by atoms with Gasteiger partial charge in [-0.1, -0.05) is 17.7 Å². The number of carbonyl (C=O) groups excluding carboxylic acids is 1. The van der Waals surface area contributed by atoms with E-state index in [0.717, 1.165) is 51.6 Å². The Morgan fingerprint density at radius 1 is 1.06 bits per heavy atom. The van der Waals surface area contributed by atoms with Gasteiger partial charge in [-0.3, -0.25) is 14.8 Å². The number of hydrogen-bond acceptors (Lipinski definition) is 9. The van der Waals surface area contributed by atoms with Crippen molar-refractivity contribution in [2.75, 3.05) is 37.7 Å². The summed E-state index contributed by atoms with van der Waals surface area (Å²) in [4.78, 5) is 32.8. The number of carbonyl (C=O) groups is 1. The third-order valence-corrected chi connectivity index (χ3v) is 10.0. The van der Waals surface area contributed by atoms with E-state index in [1.165, 1.54) is 24.4 Å². The first-order valence-electron chi connectivity index (χ1n) is 16.3. The minimum Gasteiger partial charge on any atom is -0.461 e. The summed E-state index contributed by atoms with van der Waals surface area (Å²) in [5.74, 6) is -1.36. The largest absolute Gasteiger partial charge is 0.573 e. The second-order valence-corrected chi connectivity index (χ2v) is 14.5. The van der Waals surface area contributed by atoms with Crippen molar-refractivity contribution in [2.24, 2.45) is 0 Å². The summed E-state index contributed by atoms with van der Waals surface area (Å²) in [6.45, 7) is 8.58. The lowest BCUT2D eigenvalue weighted by Gasteiger charge is -2.42. The molecule has 4 aliphatic heterocycles. The fraction of sp³-hybridized carbons (Fsp3) is 0.576. The third-order valence-electron chi connectivity index (χ3n) is 9.75. The minimum absolute atomic E-state index is 0.0403. The Morgan fingerprint density at radius 2 is 1.75 bits per heavy atom. The molecule has 1 amide bonds. The van der Waals surface area contributed by atoms with Crippen molar-refractivity contribution in [3.8, 4) is 23.0 Å². The van der Waals surface area contributed by atoms with Gasteiger partial charge in [0.2, 0.25) is 0 Å². The summed E-state index contributed by atoms with van der Waals surface area (Å²) in [6.07, 6.45) is 1.49. The van der Waals surface area contributed by atoms with Gasteiger partial charge in [-0.15, -0.1) is 13.2 Å². The number of halogens is 5. The molecule has 10 nitrogen and oxygen atoms in total. The predicted octanol–water partition coefficient (Wildman–Crippen LogP) is 6.98. The van der Waals surface area contributed by atoms with Gasteiger partial charge in [0.1, 0.15) is 29.2 Å². The van der Waals surface area contributed by atoms with Gasteiger partial charge < -0.3 is 19.1 Å². The van der Waals surface area contributed by atoms with Crippen molar-refractivity contribution in [2.45, 2.75) is 88.9 Å². The quantitative estimate of drug-likeness (QED) is 0.254. The van der Waals surface area contributed by atoms with Crippen LogP contribution in [-0.2, 0) is 4.74 Å². The number of pyridine rings is 1. The van der Waals surface area contributed by atoms with Gasteiger partial charge in [-0.25, -0.2) is 9.18 Å². The first-order valence-corrected chi connectivity index (χ1v) is 16.6. The first-order chi connectivity index (χ1) is 22.7. The van der Waals surface area contributed by atoms with Crippen LogP contribution < -0.4 is 14.4 Å². The first kappa shape index (κ1) is 32.9. The Bertz CT molecular complexity index is 1710. The molecule has 6 heterocycles. The van der Waals surface area contributed by atoms with Crippen molar-refractivity contribution < 1.29 is 36.6 Å². The summed E-state index contributed by atoms with van der Waals surface area (Å²) in [6, 6.07) is 3.50. The summed E-state index contributed by atoms with van der Waals surface area (Å²) >= 11 is 6.09. The molecule has 0 unspecified atom stereocenters. The predicted molar refractivity (Wildman–Crippen MR) is 170 cm³/mol. The van der Waals surface area contributed by atoms with Crippen LogP contribution in [0.5, 0.6) is 11.8 Å². The standard InChI is InChI=1S/C33H37ClF4N6O4/c1-31(2,3)48-30(45)44-19-9-10-20(44)17-42(16-19)28-22-15-39-25(21-7-4-8-23(34)27(21)47-33(36,37)38)24(35)26(22)40-29(41-28)46-18-32-11-5-13-43(32)14-6-12-32/h4,7-8,15,19-20H,5-6,9-14,16-18H2,1-3H3/t19-,20+. The van der Waals surface area contributed by atoms with Crippen molar-refractivity contribution in [1.82, 2.24) is 24.8 Å². The molecule has 7 rings (SSSR count). The molecule has 4 fully saturated rings. The van der Waals surface area contributed by atoms with Crippen LogP contribution in [0.4, 0.5) is 28.2 Å². The smallest absolute Gasteiger partial charge is 0.461 e. The van der Waals surface area contributed by atoms with Crippen LogP contribution >= 0.6 is 11.6 Å². The van der Waals surface area contributed by atoms with Crippen molar-refractivity contribution in [1.29, 1.82) is 0 Å². The molecule has 2 atom stereocenters. The number of para-hydroxylation sites is 1. The van der Waals surface area contributed by atoms with Crippen LogP contribution in [0, 0.1) is 5.82 Å². The number of alkyl halides is 3. The lowest BCUT2D eigenvalue weighted by molar-refractivity contribution is -0.274. The molecule has 4 aliphatic rings. The monoisotopic (exact) mass is 692 g/mol. The highest BCUT2D eigenvalue weighted by Gasteiger charge is 2.47. The van der Waals surface area contributed by atoms with Gasteiger partial charge in [0, 0.05) is 24.8 Å². The number of amides is 1. The molecular formula is C33H37ClF4N6O4. The van der Waals surface area contributed by atoms with Crippen LogP contribution in [-0.4, -0.2) is 93.2 Å². The zero-order chi connectivity index (χ0) is 34.0. The summed E-state index contributed by atoms with van der Waals surface area (Å²) in [7, 11) is 0. The molecule has 3 aromatic rings. The maximum Gasteiger partial charge on any atom is 0.573 e. The SMILES string of the molecule is CC(C)(C)OC(=O)N1[C@@H]2CC[C@H]1CN(c1nc(OCC34CCCN3CCC4)nc3c(F)c(-c4cccc(Cl)c4OC(F)(F)F)ncc13)C2. The maximum absolute atomic E-state index is 16.6. The normalized spacial score (nSPS) is 22.3. The van der Waals surface area contributed by atoms with E-state index < -0.39 is 29.2 Å². The Labute approximate surface area is 280 Å². The van der Waals surface area contributed by atoms with Gasteiger partial charge in [0.25, 0.3) is 0 Å².